The van der Waals surface area contributed by atoms with Gasteiger partial charge in [-0.05, 0) is 81.0 Å². The molecule has 6 aromatic rings. The second-order valence-electron chi connectivity index (χ2n) is 13.2. The minimum atomic E-state index is 0.0673. The molecule has 200 valence electrons. The van der Waals surface area contributed by atoms with Crippen LogP contribution in [0.3, 0.4) is 0 Å². The first kappa shape index (κ1) is 26.1. The van der Waals surface area contributed by atoms with Gasteiger partial charge in [0, 0.05) is 16.5 Å². The molecule has 0 saturated heterocycles. The summed E-state index contributed by atoms with van der Waals surface area (Å²) in [6.07, 6.45) is 0. The van der Waals surface area contributed by atoms with Crippen LogP contribution in [0.25, 0.3) is 49.7 Å². The van der Waals surface area contributed by atoms with Gasteiger partial charge in [0.2, 0.25) is 0 Å². The van der Waals surface area contributed by atoms with Crippen molar-refractivity contribution in [2.75, 3.05) is 0 Å². The maximum absolute atomic E-state index is 2.43. The van der Waals surface area contributed by atoms with Crippen molar-refractivity contribution in [3.63, 3.8) is 0 Å². The highest BCUT2D eigenvalue weighted by Crippen LogP contribution is 2.43. The lowest BCUT2D eigenvalue weighted by Crippen LogP contribution is -2.16. The van der Waals surface area contributed by atoms with E-state index in [9.17, 15) is 0 Å². The summed E-state index contributed by atoms with van der Waals surface area (Å²) >= 11 is 0. The molecule has 5 aromatic carbocycles. The molecule has 0 bridgehead atoms. The van der Waals surface area contributed by atoms with E-state index >= 15 is 0 Å². The molecule has 0 aliphatic carbocycles. The Morgan fingerprint density at radius 1 is 0.475 bits per heavy atom. The second-order valence-corrected chi connectivity index (χ2v) is 13.2. The van der Waals surface area contributed by atoms with E-state index < -0.39 is 0 Å². The third kappa shape index (κ3) is 4.44. The first-order valence-corrected chi connectivity index (χ1v) is 14.4. The number of rotatable bonds is 3. The van der Waals surface area contributed by atoms with Crippen LogP contribution in [0.15, 0.2) is 109 Å². The minimum Gasteiger partial charge on any atom is -0.309 e. The first-order chi connectivity index (χ1) is 19.0. The quantitative estimate of drug-likeness (QED) is 0.218. The van der Waals surface area contributed by atoms with Gasteiger partial charge in [0.15, 0.2) is 0 Å². The van der Waals surface area contributed by atoms with Crippen LogP contribution < -0.4 is 0 Å². The highest BCUT2D eigenvalue weighted by atomic mass is 15.0. The molecule has 1 aromatic heterocycles. The average Bonchev–Trinajstić information content (AvgIpc) is 3.28. The molecule has 1 heteroatoms. The Kier molecular flexibility index (Phi) is 6.22. The molecule has 0 radical (unpaired) electrons. The largest absolute Gasteiger partial charge is 0.309 e. The van der Waals surface area contributed by atoms with Gasteiger partial charge in [0.1, 0.15) is 0 Å². The summed E-state index contributed by atoms with van der Waals surface area (Å²) in [6, 6.07) is 40.2. The van der Waals surface area contributed by atoms with Crippen molar-refractivity contribution < 1.29 is 0 Å². The lowest BCUT2D eigenvalue weighted by atomic mass is 9.78. The Labute approximate surface area is 239 Å². The normalized spacial score (nSPS) is 12.4. The van der Waals surface area contributed by atoms with E-state index in [-0.39, 0.29) is 10.8 Å². The molecule has 1 heterocycles. The number of hydrogen-bond acceptors (Lipinski definition) is 0. The molecule has 40 heavy (non-hydrogen) atoms. The van der Waals surface area contributed by atoms with Crippen LogP contribution in [0.5, 0.6) is 0 Å². The van der Waals surface area contributed by atoms with E-state index in [1.807, 2.05) is 0 Å². The number of aryl methyl sites for hydroxylation is 1. The van der Waals surface area contributed by atoms with E-state index in [4.69, 9.17) is 0 Å². The summed E-state index contributed by atoms with van der Waals surface area (Å²) in [5.74, 6) is 0. The number of hydrogen-bond donors (Lipinski definition) is 0. The number of benzene rings is 5. The first-order valence-electron chi connectivity index (χ1n) is 14.4. The third-order valence-corrected chi connectivity index (χ3v) is 8.29. The number of nitrogens with zero attached hydrogens (tertiary/aromatic N) is 1. The zero-order valence-electron chi connectivity index (χ0n) is 24.8. The molecule has 6 rings (SSSR count). The molecule has 0 aliphatic heterocycles. The summed E-state index contributed by atoms with van der Waals surface area (Å²) in [5.41, 5.74) is 13.0. The molecule has 0 amide bonds. The Bertz CT molecular complexity index is 1810. The minimum absolute atomic E-state index is 0.0673. The number of fused-ring (bicyclic) bond motifs is 3. The fourth-order valence-corrected chi connectivity index (χ4v) is 5.99. The van der Waals surface area contributed by atoms with E-state index in [0.717, 1.165) is 0 Å². The van der Waals surface area contributed by atoms with E-state index in [2.05, 4.69) is 162 Å². The Morgan fingerprint density at radius 3 is 1.65 bits per heavy atom. The number of para-hydroxylation sites is 1. The maximum Gasteiger partial charge on any atom is 0.0547 e. The van der Waals surface area contributed by atoms with Crippen LogP contribution in [-0.4, -0.2) is 4.57 Å². The zero-order chi connectivity index (χ0) is 28.2. The molecule has 1 nitrogen and oxygen atoms in total. The van der Waals surface area contributed by atoms with Gasteiger partial charge in [-0.1, -0.05) is 126 Å². The molecule has 0 spiro atoms. The summed E-state index contributed by atoms with van der Waals surface area (Å²) in [7, 11) is 0. The van der Waals surface area contributed by atoms with Crippen molar-refractivity contribution in [3.8, 4) is 27.9 Å². The predicted molar refractivity (Wildman–Crippen MR) is 174 cm³/mol. The van der Waals surface area contributed by atoms with Crippen LogP contribution in [0.1, 0.15) is 58.2 Å². The highest BCUT2D eigenvalue weighted by Gasteiger charge is 2.23. The molecular weight excluding hydrogens is 482 g/mol. The van der Waals surface area contributed by atoms with Gasteiger partial charge in [0.05, 0.1) is 11.0 Å². The van der Waals surface area contributed by atoms with E-state index in [1.165, 1.54) is 66.4 Å². The van der Waals surface area contributed by atoms with Crippen molar-refractivity contribution >= 4 is 21.8 Å². The van der Waals surface area contributed by atoms with Crippen molar-refractivity contribution in [1.29, 1.82) is 0 Å². The van der Waals surface area contributed by atoms with Gasteiger partial charge in [-0.25, -0.2) is 0 Å². The monoisotopic (exact) mass is 521 g/mol. The standard InChI is InChI=1S/C39H39N/c1-26-32(28-23-29(38(2,3)4)25-30(24-28)39(5,6)7)21-22-35-36(26)37-33(27-15-10-8-11-16-27)19-14-20-34(37)40(35)31-17-12-9-13-18-31/h8-25H,1-7H3. The molecule has 0 saturated carbocycles. The molecule has 0 unspecified atom stereocenters. The van der Waals surface area contributed by atoms with Crippen LogP contribution >= 0.6 is 0 Å². The van der Waals surface area contributed by atoms with Crippen LogP contribution in [0.2, 0.25) is 0 Å². The summed E-state index contributed by atoms with van der Waals surface area (Å²) in [5, 5.41) is 2.64. The number of aromatic nitrogens is 1. The molecule has 0 N–H and O–H groups in total. The predicted octanol–water partition coefficient (Wildman–Crippen LogP) is 11.0. The lowest BCUT2D eigenvalue weighted by molar-refractivity contribution is 0.569. The van der Waals surface area contributed by atoms with Crippen molar-refractivity contribution in [1.82, 2.24) is 4.57 Å². The third-order valence-electron chi connectivity index (χ3n) is 8.29. The lowest BCUT2D eigenvalue weighted by Gasteiger charge is -2.26. The fraction of sp³-hybridized carbons (Fsp3) is 0.231. The van der Waals surface area contributed by atoms with Crippen LogP contribution in [0, 0.1) is 6.92 Å². The van der Waals surface area contributed by atoms with E-state index in [1.54, 1.807) is 0 Å². The SMILES string of the molecule is Cc1c(-c2cc(C(C)(C)C)cc(C(C)(C)C)c2)ccc2c1c1c(-c3ccccc3)cccc1n2-c1ccccc1. The molecule has 0 fully saturated rings. The summed E-state index contributed by atoms with van der Waals surface area (Å²) < 4.78 is 2.43. The second kappa shape index (κ2) is 9.52. The van der Waals surface area contributed by atoms with Gasteiger partial charge in [-0.3, -0.25) is 0 Å². The van der Waals surface area contributed by atoms with Gasteiger partial charge >= 0.3 is 0 Å². The van der Waals surface area contributed by atoms with Crippen molar-refractivity contribution in [3.05, 3.63) is 126 Å². The molecule has 0 atom stereocenters. The van der Waals surface area contributed by atoms with Crippen molar-refractivity contribution in [2.24, 2.45) is 0 Å². The fourth-order valence-electron chi connectivity index (χ4n) is 5.99. The summed E-state index contributed by atoms with van der Waals surface area (Å²) in [6.45, 7) is 16.2. The smallest absolute Gasteiger partial charge is 0.0547 e. The Morgan fingerprint density at radius 2 is 1.05 bits per heavy atom. The van der Waals surface area contributed by atoms with Crippen molar-refractivity contribution in [2.45, 2.75) is 59.3 Å². The zero-order valence-corrected chi connectivity index (χ0v) is 24.8. The topological polar surface area (TPSA) is 4.93 Å². The summed E-state index contributed by atoms with van der Waals surface area (Å²) in [4.78, 5) is 0. The van der Waals surface area contributed by atoms with Crippen LogP contribution in [0.4, 0.5) is 0 Å². The van der Waals surface area contributed by atoms with Crippen LogP contribution in [-0.2, 0) is 10.8 Å². The van der Waals surface area contributed by atoms with Gasteiger partial charge < -0.3 is 4.57 Å². The van der Waals surface area contributed by atoms with Gasteiger partial charge in [-0.15, -0.1) is 0 Å². The Hall–Kier alpha value is -4.10. The molecular formula is C39H39N. The Balaban J connectivity index is 1.73. The maximum atomic E-state index is 2.43. The average molecular weight is 522 g/mol. The highest BCUT2D eigenvalue weighted by molar-refractivity contribution is 6.18. The van der Waals surface area contributed by atoms with Gasteiger partial charge in [-0.2, -0.15) is 0 Å². The molecule has 0 aliphatic rings. The van der Waals surface area contributed by atoms with E-state index in [0.29, 0.717) is 0 Å². The van der Waals surface area contributed by atoms with Gasteiger partial charge in [0.25, 0.3) is 0 Å².